The van der Waals surface area contributed by atoms with E-state index in [-0.39, 0.29) is 35.2 Å². The van der Waals surface area contributed by atoms with Crippen LogP contribution in [0.15, 0.2) is 72.3 Å². The van der Waals surface area contributed by atoms with Gasteiger partial charge in [0.1, 0.15) is 17.2 Å². The molecule has 18 heteroatoms. The molecule has 12 nitrogen and oxygen atoms in total. The Kier molecular flexibility index (Phi) is 9.87. The number of halogens is 5. The van der Waals surface area contributed by atoms with Gasteiger partial charge < -0.3 is 9.84 Å². The lowest BCUT2D eigenvalue weighted by Crippen LogP contribution is -2.50. The van der Waals surface area contributed by atoms with E-state index >= 15 is 4.79 Å². The maximum Gasteiger partial charge on any atom is 0.433 e. The maximum absolute atomic E-state index is 15.1. The number of phenols is 1. The van der Waals surface area contributed by atoms with Crippen molar-refractivity contribution < 1.29 is 42.2 Å². The summed E-state index contributed by atoms with van der Waals surface area (Å²) in [4.78, 5) is 64.5. The van der Waals surface area contributed by atoms with Crippen molar-refractivity contribution in [2.45, 2.75) is 32.9 Å². The fraction of sp³-hybridized carbons (Fsp3) is 0.318. The zero-order valence-electron chi connectivity index (χ0n) is 33.7. The molecule has 2 aliphatic carbocycles. The molecule has 0 radical (unpaired) electrons. The molecule has 5 heterocycles. The highest BCUT2D eigenvalue weighted by Gasteiger charge is 2.67. The number of anilines is 2. The topological polar surface area (TPSA) is 138 Å². The zero-order valence-corrected chi connectivity index (χ0v) is 36.0. The van der Waals surface area contributed by atoms with Crippen LogP contribution in [0.2, 0.25) is 10.0 Å². The molecular formula is C44H37Cl2F3N6O6S. The lowest BCUT2D eigenvalue weighted by molar-refractivity contribution is -0.141. The monoisotopic (exact) mass is 904 g/mol. The van der Waals surface area contributed by atoms with Crippen LogP contribution >= 0.6 is 34.5 Å². The van der Waals surface area contributed by atoms with Crippen molar-refractivity contribution in [1.82, 2.24) is 19.8 Å². The van der Waals surface area contributed by atoms with Crippen molar-refractivity contribution in [3.8, 4) is 22.1 Å². The number of ether oxygens (including phenoxy) is 1. The van der Waals surface area contributed by atoms with Gasteiger partial charge in [-0.05, 0) is 91.6 Å². The summed E-state index contributed by atoms with van der Waals surface area (Å²) in [5.74, 6) is -6.75. The first kappa shape index (κ1) is 41.6. The molecule has 62 heavy (non-hydrogen) atoms. The van der Waals surface area contributed by atoms with Crippen LogP contribution in [0.4, 0.5) is 24.8 Å². The number of imide groups is 2. The molecule has 0 bridgehead atoms. The van der Waals surface area contributed by atoms with Gasteiger partial charge in [0.2, 0.25) is 11.8 Å². The number of alkyl halides is 3. The van der Waals surface area contributed by atoms with Crippen molar-refractivity contribution in [2.75, 3.05) is 24.1 Å². The summed E-state index contributed by atoms with van der Waals surface area (Å²) in [7, 11) is 4.32. The highest BCUT2D eigenvalue weighted by atomic mass is 35.5. The third-order valence-corrected chi connectivity index (χ3v) is 14.8. The van der Waals surface area contributed by atoms with E-state index in [9.17, 15) is 32.7 Å². The van der Waals surface area contributed by atoms with Gasteiger partial charge in [-0.3, -0.25) is 28.9 Å². The molecule has 2 aromatic carbocycles. The van der Waals surface area contributed by atoms with Crippen molar-refractivity contribution in [2.24, 2.45) is 42.1 Å². The SMILES string of the molecule is COc1cc(C=CC2C3=CCC4C(=O)N(N(C)c5nc(C(F)(F)F)ccc5Cl)C(=O)C4C3CC3C(=O)N(c4cc(-c5sc6ccc(Cl)cc6c5C)nn4C)C(=O)C23C)ccc1O. The van der Waals surface area contributed by atoms with Crippen LogP contribution in [0.1, 0.15) is 36.6 Å². The van der Waals surface area contributed by atoms with Gasteiger partial charge in [-0.1, -0.05) is 53.1 Å². The third kappa shape index (κ3) is 6.23. The smallest absolute Gasteiger partial charge is 0.433 e. The number of thiophene rings is 1. The Labute approximate surface area is 366 Å². The highest BCUT2D eigenvalue weighted by molar-refractivity contribution is 7.22. The summed E-state index contributed by atoms with van der Waals surface area (Å²) in [6.45, 7) is 3.70. The van der Waals surface area contributed by atoms with E-state index in [0.717, 1.165) is 36.6 Å². The van der Waals surface area contributed by atoms with E-state index in [1.807, 2.05) is 37.3 Å². The lowest BCUT2D eigenvalue weighted by Gasteiger charge is -2.47. The van der Waals surface area contributed by atoms with E-state index < -0.39 is 76.3 Å². The minimum Gasteiger partial charge on any atom is -0.504 e. The fourth-order valence-corrected chi connectivity index (χ4v) is 11.4. The summed E-state index contributed by atoms with van der Waals surface area (Å²) in [5, 5.41) is 18.1. The molecule has 5 aromatic rings. The number of phenolic OH excluding ortho intramolecular Hbond substituents is 1. The van der Waals surface area contributed by atoms with Gasteiger partial charge in [-0.25, -0.2) is 9.88 Å². The van der Waals surface area contributed by atoms with Gasteiger partial charge in [-0.15, -0.1) is 11.3 Å². The van der Waals surface area contributed by atoms with Crippen LogP contribution in [0.3, 0.4) is 0 Å². The molecule has 4 amide bonds. The van der Waals surface area contributed by atoms with Crippen LogP contribution in [-0.2, 0) is 32.4 Å². The van der Waals surface area contributed by atoms with Gasteiger partial charge in [-0.2, -0.15) is 23.3 Å². The second kappa shape index (κ2) is 14.7. The number of fused-ring (bicyclic) bond motifs is 5. The standard InChI is InChI=1S/C44H37Cl2F3N6O6S/c1-20-25-17-22(45)8-14-33(25)62-37(20)30-19-35(52(3)51-30)54-40(58)28-18-26-23(27(43(28,2)42(54)60)11-6-21-7-13-31(56)32(16-21)61-5)9-10-24-36(26)41(59)55(39(24)57)53(4)38-29(46)12-15-34(50-38)44(47,48)49/h6-9,11-17,19,24,26-28,36,56H,10,18H2,1-5H3. The molecule has 1 N–H and O–H groups in total. The zero-order chi connectivity index (χ0) is 44.3. The minimum atomic E-state index is -4.82. The molecule has 3 aromatic heterocycles. The largest absolute Gasteiger partial charge is 0.504 e. The number of nitrogens with zero attached hydrogens (tertiary/aromatic N) is 6. The highest BCUT2D eigenvalue weighted by Crippen LogP contribution is 2.61. The Bertz CT molecular complexity index is 2840. The Morgan fingerprint density at radius 2 is 1.77 bits per heavy atom. The molecule has 6 unspecified atom stereocenters. The number of methoxy groups -OCH3 is 1. The number of aryl methyl sites for hydroxylation is 2. The van der Waals surface area contributed by atoms with Gasteiger partial charge in [0.25, 0.3) is 11.8 Å². The van der Waals surface area contributed by atoms with Gasteiger partial charge in [0, 0.05) is 35.8 Å². The Morgan fingerprint density at radius 3 is 2.50 bits per heavy atom. The first-order valence-electron chi connectivity index (χ1n) is 19.6. The summed E-state index contributed by atoms with van der Waals surface area (Å²) in [6.07, 6.45) is 0.710. The molecule has 1 saturated carbocycles. The van der Waals surface area contributed by atoms with E-state index in [4.69, 9.17) is 33.0 Å². The van der Waals surface area contributed by atoms with Gasteiger partial charge in [0.05, 0.1) is 40.2 Å². The Hall–Kier alpha value is -5.71. The van der Waals surface area contributed by atoms with E-state index in [1.165, 1.54) is 41.1 Å². The number of hydrazine groups is 1. The van der Waals surface area contributed by atoms with Crippen molar-refractivity contribution >= 4 is 86.0 Å². The number of carbonyl (C=O) groups excluding carboxylic acids is 4. The first-order chi connectivity index (χ1) is 29.3. The second-order valence-electron chi connectivity index (χ2n) is 16.2. The molecular weight excluding hydrogens is 868 g/mol. The average molecular weight is 906 g/mol. The molecule has 6 atom stereocenters. The van der Waals surface area contributed by atoms with Crippen LogP contribution < -0.4 is 14.6 Å². The Morgan fingerprint density at radius 1 is 1.02 bits per heavy atom. The number of hydrogen-bond donors (Lipinski definition) is 1. The quantitative estimate of drug-likeness (QED) is 0.125. The third-order valence-electron chi connectivity index (χ3n) is 12.9. The second-order valence-corrected chi connectivity index (χ2v) is 18.1. The summed E-state index contributed by atoms with van der Waals surface area (Å²) in [5.41, 5.74) is 0.169. The van der Waals surface area contributed by atoms with E-state index in [2.05, 4.69) is 4.98 Å². The van der Waals surface area contributed by atoms with Crippen LogP contribution in [0, 0.1) is 41.9 Å². The van der Waals surface area contributed by atoms with Crippen LogP contribution in [0.5, 0.6) is 11.5 Å². The lowest BCUT2D eigenvalue weighted by atomic mass is 9.52. The van der Waals surface area contributed by atoms with E-state index in [0.29, 0.717) is 27.9 Å². The number of carbonyl (C=O) groups is 4. The predicted molar refractivity (Wildman–Crippen MR) is 227 cm³/mol. The maximum atomic E-state index is 15.1. The molecule has 9 rings (SSSR count). The molecule has 320 valence electrons. The number of rotatable bonds is 7. The number of pyridine rings is 1. The number of hydrogen-bond acceptors (Lipinski definition) is 10. The molecule has 2 saturated heterocycles. The molecule has 3 fully saturated rings. The van der Waals surface area contributed by atoms with Crippen LogP contribution in [0.25, 0.3) is 26.7 Å². The number of aromatic hydroxyl groups is 1. The van der Waals surface area contributed by atoms with Crippen LogP contribution in [-0.4, -0.2) is 62.7 Å². The molecule has 2 aliphatic heterocycles. The summed E-state index contributed by atoms with van der Waals surface area (Å²) in [6, 6.07) is 13.8. The number of aromatic nitrogens is 3. The van der Waals surface area contributed by atoms with Crippen molar-refractivity contribution in [3.05, 3.63) is 99.2 Å². The van der Waals surface area contributed by atoms with E-state index in [1.54, 1.807) is 38.2 Å². The average Bonchev–Trinajstić information content (AvgIpc) is 3.90. The minimum absolute atomic E-state index is 0.0297. The van der Waals surface area contributed by atoms with Crippen molar-refractivity contribution in [1.29, 1.82) is 0 Å². The summed E-state index contributed by atoms with van der Waals surface area (Å²) >= 11 is 14.1. The van der Waals surface area contributed by atoms with Gasteiger partial charge >= 0.3 is 6.18 Å². The Balaban J connectivity index is 1.12. The molecule has 0 spiro atoms. The normalized spacial score (nSPS) is 24.9. The van der Waals surface area contributed by atoms with Gasteiger partial charge in [0.15, 0.2) is 17.3 Å². The first-order valence-corrected chi connectivity index (χ1v) is 21.1. The number of amides is 4. The molecule has 4 aliphatic rings. The number of benzene rings is 2. The number of allylic oxidation sites excluding steroid dienone is 3. The summed E-state index contributed by atoms with van der Waals surface area (Å²) < 4.78 is 49.0. The fourth-order valence-electron chi connectivity index (χ4n) is 9.85. The predicted octanol–water partition coefficient (Wildman–Crippen LogP) is 8.87. The van der Waals surface area contributed by atoms with Crippen molar-refractivity contribution in [3.63, 3.8) is 0 Å².